The van der Waals surface area contributed by atoms with Gasteiger partial charge in [-0.15, -0.1) is 18.3 Å². The Morgan fingerprint density at radius 3 is 2.90 bits per heavy atom. The van der Waals surface area contributed by atoms with E-state index in [1.807, 2.05) is 18.2 Å². The molecule has 0 saturated heterocycles. The number of ether oxygens (including phenoxy) is 1. The van der Waals surface area contributed by atoms with Gasteiger partial charge in [-0.05, 0) is 18.2 Å². The molecule has 0 saturated carbocycles. The van der Waals surface area contributed by atoms with Gasteiger partial charge in [-0.1, -0.05) is 36.4 Å². The van der Waals surface area contributed by atoms with Gasteiger partial charge in [0, 0.05) is 28.3 Å². The van der Waals surface area contributed by atoms with Crippen LogP contribution in [0.2, 0.25) is 0 Å². The monoisotopic (exact) mass is 297 g/mol. The van der Waals surface area contributed by atoms with Crippen molar-refractivity contribution < 1.29 is 4.74 Å². The van der Waals surface area contributed by atoms with Crippen molar-refractivity contribution in [1.29, 1.82) is 0 Å². The Bertz CT molecular complexity index is 626. The van der Waals surface area contributed by atoms with Crippen LogP contribution in [0.5, 0.6) is 5.75 Å². The van der Waals surface area contributed by atoms with Crippen molar-refractivity contribution in [2.45, 2.75) is 17.4 Å². The first-order valence-corrected chi connectivity index (χ1v) is 8.18. The summed E-state index contributed by atoms with van der Waals surface area (Å²) in [5, 5.41) is 3.68. The number of hydrogen-bond donors (Lipinski definition) is 1. The van der Waals surface area contributed by atoms with Crippen molar-refractivity contribution in [3.05, 3.63) is 66.7 Å². The summed E-state index contributed by atoms with van der Waals surface area (Å²) < 4.78 is 5.73. The first-order valence-electron chi connectivity index (χ1n) is 7.19. The third kappa shape index (κ3) is 3.24. The molecule has 1 aliphatic rings. The Morgan fingerprint density at radius 2 is 2.00 bits per heavy atom. The molecule has 1 atom stereocenters. The second-order valence-corrected chi connectivity index (χ2v) is 6.03. The number of fused-ring (bicyclic) bond motifs is 1. The van der Waals surface area contributed by atoms with Crippen molar-refractivity contribution in [2.75, 3.05) is 17.7 Å². The quantitative estimate of drug-likeness (QED) is 0.626. The smallest absolute Gasteiger partial charge is 0.124 e. The van der Waals surface area contributed by atoms with E-state index in [0.29, 0.717) is 6.04 Å². The molecule has 0 bridgehead atoms. The van der Waals surface area contributed by atoms with E-state index in [2.05, 4.69) is 48.3 Å². The number of anilines is 1. The zero-order chi connectivity index (χ0) is 14.5. The highest BCUT2D eigenvalue weighted by Crippen LogP contribution is 2.36. The van der Waals surface area contributed by atoms with Crippen LogP contribution in [0.1, 0.15) is 18.0 Å². The second kappa shape index (κ2) is 6.72. The van der Waals surface area contributed by atoms with Gasteiger partial charge in [0.2, 0.25) is 0 Å². The van der Waals surface area contributed by atoms with Crippen LogP contribution in [0, 0.1) is 0 Å². The Balaban J connectivity index is 1.83. The van der Waals surface area contributed by atoms with Gasteiger partial charge in [0.05, 0.1) is 12.6 Å². The number of para-hydroxylation sites is 2. The average molecular weight is 297 g/mol. The molecular formula is C18H19NOS. The Hall–Kier alpha value is -1.87. The summed E-state index contributed by atoms with van der Waals surface area (Å²) in [7, 11) is 0. The second-order valence-electron chi connectivity index (χ2n) is 4.97. The Labute approximate surface area is 130 Å². The Morgan fingerprint density at radius 1 is 1.19 bits per heavy atom. The van der Waals surface area contributed by atoms with Gasteiger partial charge in [0.1, 0.15) is 5.75 Å². The molecule has 3 rings (SSSR count). The van der Waals surface area contributed by atoms with Crippen molar-refractivity contribution in [2.24, 2.45) is 0 Å². The van der Waals surface area contributed by atoms with Gasteiger partial charge < -0.3 is 10.1 Å². The minimum atomic E-state index is 0.306. The van der Waals surface area contributed by atoms with E-state index in [-0.39, 0.29) is 0 Å². The lowest BCUT2D eigenvalue weighted by molar-refractivity contribution is 0.274. The number of benzene rings is 2. The molecule has 1 aliphatic heterocycles. The van der Waals surface area contributed by atoms with Gasteiger partial charge >= 0.3 is 0 Å². The van der Waals surface area contributed by atoms with Crippen molar-refractivity contribution >= 4 is 17.4 Å². The maximum Gasteiger partial charge on any atom is 0.124 e. The van der Waals surface area contributed by atoms with Crippen molar-refractivity contribution in [3.8, 4) is 5.75 Å². The molecule has 1 N–H and O–H groups in total. The number of nitrogens with one attached hydrogen (secondary N) is 1. The predicted molar refractivity (Wildman–Crippen MR) is 90.3 cm³/mol. The molecule has 2 nitrogen and oxygen atoms in total. The molecule has 2 aromatic carbocycles. The molecule has 0 fully saturated rings. The lowest BCUT2D eigenvalue weighted by atomic mass is 10.0. The molecule has 21 heavy (non-hydrogen) atoms. The van der Waals surface area contributed by atoms with Gasteiger partial charge in [-0.3, -0.25) is 0 Å². The van der Waals surface area contributed by atoms with Crippen LogP contribution in [0.15, 0.2) is 66.1 Å². The summed E-state index contributed by atoms with van der Waals surface area (Å²) in [5.74, 6) is 1.92. The molecule has 0 aliphatic carbocycles. The molecule has 0 spiro atoms. The largest absolute Gasteiger partial charge is 0.493 e. The van der Waals surface area contributed by atoms with E-state index < -0.39 is 0 Å². The van der Waals surface area contributed by atoms with Crippen LogP contribution in [0.25, 0.3) is 0 Å². The fourth-order valence-electron chi connectivity index (χ4n) is 2.54. The summed E-state index contributed by atoms with van der Waals surface area (Å²) >= 11 is 1.81. The zero-order valence-electron chi connectivity index (χ0n) is 11.9. The van der Waals surface area contributed by atoms with E-state index >= 15 is 0 Å². The maximum absolute atomic E-state index is 5.73. The minimum Gasteiger partial charge on any atom is -0.493 e. The molecule has 1 unspecified atom stereocenters. The van der Waals surface area contributed by atoms with E-state index in [1.165, 1.54) is 16.1 Å². The molecule has 0 radical (unpaired) electrons. The Kier molecular flexibility index (Phi) is 4.51. The van der Waals surface area contributed by atoms with Gasteiger partial charge in [0.25, 0.3) is 0 Å². The summed E-state index contributed by atoms with van der Waals surface area (Å²) in [6, 6.07) is 17.0. The number of hydrogen-bond acceptors (Lipinski definition) is 3. The lowest BCUT2D eigenvalue weighted by Crippen LogP contribution is -2.20. The fraction of sp³-hybridized carbons (Fsp3) is 0.222. The third-order valence-electron chi connectivity index (χ3n) is 3.53. The lowest BCUT2D eigenvalue weighted by Gasteiger charge is -2.28. The summed E-state index contributed by atoms with van der Waals surface area (Å²) in [5.41, 5.74) is 2.43. The molecule has 0 amide bonds. The van der Waals surface area contributed by atoms with Gasteiger partial charge in [0.15, 0.2) is 0 Å². The number of rotatable bonds is 5. The summed E-state index contributed by atoms with van der Waals surface area (Å²) in [6.45, 7) is 4.55. The fourth-order valence-corrected chi connectivity index (χ4v) is 3.29. The van der Waals surface area contributed by atoms with Crippen LogP contribution in [0.3, 0.4) is 0 Å². The molecule has 1 heterocycles. The van der Waals surface area contributed by atoms with E-state index in [4.69, 9.17) is 4.74 Å². The average Bonchev–Trinajstić information content (AvgIpc) is 2.54. The highest BCUT2D eigenvalue weighted by molar-refractivity contribution is 7.99. The van der Waals surface area contributed by atoms with Gasteiger partial charge in [-0.25, -0.2) is 0 Å². The highest BCUT2D eigenvalue weighted by atomic mass is 32.2. The third-order valence-corrected chi connectivity index (χ3v) is 4.60. The predicted octanol–water partition coefficient (Wildman–Crippen LogP) is 4.90. The summed E-state index contributed by atoms with van der Waals surface area (Å²) in [4.78, 5) is 1.27. The van der Waals surface area contributed by atoms with Crippen LogP contribution >= 0.6 is 11.8 Å². The van der Waals surface area contributed by atoms with Crippen molar-refractivity contribution in [3.63, 3.8) is 0 Å². The molecule has 3 heteroatoms. The highest BCUT2D eigenvalue weighted by Gasteiger charge is 2.21. The molecule has 2 aromatic rings. The van der Waals surface area contributed by atoms with E-state index in [1.54, 1.807) is 11.8 Å². The minimum absolute atomic E-state index is 0.306. The maximum atomic E-state index is 5.73. The van der Waals surface area contributed by atoms with Crippen LogP contribution in [-0.2, 0) is 0 Å². The first kappa shape index (κ1) is 14.1. The molecular weight excluding hydrogens is 278 g/mol. The van der Waals surface area contributed by atoms with Crippen molar-refractivity contribution in [1.82, 2.24) is 0 Å². The first-order chi connectivity index (χ1) is 10.4. The number of thioether (sulfide) groups is 1. The molecule has 0 aromatic heterocycles. The standard InChI is InChI=1S/C18H19NOS/c1-2-13-21-18-10-6-4-8-16(18)19-15-11-12-20-17-9-5-3-7-14(15)17/h2-10,15,19H,1,11-13H2. The van der Waals surface area contributed by atoms with E-state index in [9.17, 15) is 0 Å². The van der Waals surface area contributed by atoms with E-state index in [0.717, 1.165) is 24.5 Å². The van der Waals surface area contributed by atoms with Crippen LogP contribution < -0.4 is 10.1 Å². The van der Waals surface area contributed by atoms with Crippen LogP contribution in [-0.4, -0.2) is 12.4 Å². The topological polar surface area (TPSA) is 21.3 Å². The SMILES string of the molecule is C=CCSc1ccccc1NC1CCOc2ccccc21. The zero-order valence-corrected chi connectivity index (χ0v) is 12.7. The van der Waals surface area contributed by atoms with Crippen LogP contribution in [0.4, 0.5) is 5.69 Å². The van der Waals surface area contributed by atoms with Gasteiger partial charge in [-0.2, -0.15) is 0 Å². The molecule has 108 valence electrons. The summed E-state index contributed by atoms with van der Waals surface area (Å²) in [6.07, 6.45) is 2.92. The normalized spacial score (nSPS) is 16.7.